The minimum Gasteiger partial charge on any atom is -0.485 e. The zero-order chi connectivity index (χ0) is 18.1. The molecule has 7 nitrogen and oxygen atoms in total. The minimum absolute atomic E-state index is 0.0481. The van der Waals surface area contributed by atoms with Crippen LogP contribution >= 0.6 is 0 Å². The van der Waals surface area contributed by atoms with Crippen molar-refractivity contribution in [3.05, 3.63) is 52.2 Å². The summed E-state index contributed by atoms with van der Waals surface area (Å²) < 4.78 is 11.5. The molecule has 4 rings (SSSR count). The van der Waals surface area contributed by atoms with Crippen LogP contribution in [0.5, 0.6) is 11.5 Å². The van der Waals surface area contributed by atoms with E-state index in [0.717, 1.165) is 18.5 Å². The first kappa shape index (κ1) is 16.6. The number of carbonyl (C=O) groups excluding carboxylic acids is 1. The Morgan fingerprint density at radius 2 is 1.96 bits per heavy atom. The normalized spacial score (nSPS) is 20.0. The second kappa shape index (κ2) is 6.82. The lowest BCUT2D eigenvalue weighted by Gasteiger charge is -2.35. The molecule has 3 heterocycles. The van der Waals surface area contributed by atoms with E-state index in [1.165, 1.54) is 0 Å². The summed E-state index contributed by atoms with van der Waals surface area (Å²) in [5, 5.41) is 0. The van der Waals surface area contributed by atoms with Crippen molar-refractivity contribution in [1.29, 1.82) is 0 Å². The fourth-order valence-electron chi connectivity index (χ4n) is 3.55. The average Bonchev–Trinajstić information content (AvgIpc) is 2.66. The number of benzene rings is 1. The number of piperidine rings is 1. The summed E-state index contributed by atoms with van der Waals surface area (Å²) in [6.07, 6.45) is 0.957. The average molecular weight is 355 g/mol. The molecule has 1 aromatic heterocycles. The second-order valence-electron chi connectivity index (χ2n) is 6.72. The number of rotatable bonds is 2. The van der Waals surface area contributed by atoms with Crippen molar-refractivity contribution in [2.24, 2.45) is 0 Å². The third-order valence-electron chi connectivity index (χ3n) is 4.89. The van der Waals surface area contributed by atoms with Gasteiger partial charge in [-0.05, 0) is 31.9 Å². The second-order valence-corrected chi connectivity index (χ2v) is 6.72. The molecule has 136 valence electrons. The Balaban J connectivity index is 1.39. The van der Waals surface area contributed by atoms with Gasteiger partial charge in [-0.15, -0.1) is 0 Å². The van der Waals surface area contributed by atoms with E-state index in [1.807, 2.05) is 29.2 Å². The number of nitrogens with one attached hydrogen (secondary N) is 1. The third kappa shape index (κ3) is 3.29. The van der Waals surface area contributed by atoms with Gasteiger partial charge in [-0.2, -0.15) is 0 Å². The maximum atomic E-state index is 12.8. The lowest BCUT2D eigenvalue weighted by Crippen LogP contribution is -2.48. The molecule has 0 bridgehead atoms. The number of carbonyl (C=O) groups is 1. The summed E-state index contributed by atoms with van der Waals surface area (Å²) in [6.45, 7) is 3.25. The summed E-state index contributed by atoms with van der Waals surface area (Å²) in [4.78, 5) is 33.3. The van der Waals surface area contributed by atoms with E-state index in [-0.39, 0.29) is 24.0 Å². The molecule has 2 aromatic rings. The fourth-order valence-corrected chi connectivity index (χ4v) is 3.55. The van der Waals surface area contributed by atoms with Crippen molar-refractivity contribution in [2.75, 3.05) is 19.7 Å². The van der Waals surface area contributed by atoms with E-state index in [9.17, 15) is 9.59 Å². The molecule has 7 heteroatoms. The number of hydrogen-bond donors (Lipinski definition) is 1. The minimum atomic E-state index is -0.610. The number of likely N-dealkylation sites (tertiary alicyclic amines) is 1. The topological polar surface area (TPSA) is 84.5 Å². The highest BCUT2D eigenvalue weighted by atomic mass is 16.6. The molecule has 0 radical (unpaired) electrons. The summed E-state index contributed by atoms with van der Waals surface area (Å²) >= 11 is 0. The molecule has 2 aliphatic rings. The molecule has 0 spiro atoms. The van der Waals surface area contributed by atoms with Gasteiger partial charge in [-0.1, -0.05) is 12.1 Å². The first-order valence-corrected chi connectivity index (χ1v) is 8.85. The number of aryl methyl sites for hydroxylation is 1. The maximum absolute atomic E-state index is 12.8. The van der Waals surface area contributed by atoms with Crippen molar-refractivity contribution in [3.63, 3.8) is 0 Å². The highest BCUT2D eigenvalue weighted by Crippen LogP contribution is 2.32. The Labute approximate surface area is 151 Å². The number of fused-ring (bicyclic) bond motifs is 1. The van der Waals surface area contributed by atoms with Crippen LogP contribution in [0.15, 0.2) is 35.1 Å². The van der Waals surface area contributed by atoms with Gasteiger partial charge < -0.3 is 19.4 Å². The number of nitrogens with zero attached hydrogens (tertiary/aromatic N) is 2. The monoisotopic (exact) mass is 355 g/mol. The van der Waals surface area contributed by atoms with E-state index in [0.29, 0.717) is 30.4 Å². The Morgan fingerprint density at radius 3 is 2.69 bits per heavy atom. The van der Waals surface area contributed by atoms with E-state index < -0.39 is 6.10 Å². The van der Waals surface area contributed by atoms with E-state index >= 15 is 0 Å². The van der Waals surface area contributed by atoms with Gasteiger partial charge in [0.15, 0.2) is 11.5 Å². The van der Waals surface area contributed by atoms with E-state index in [2.05, 4.69) is 9.97 Å². The van der Waals surface area contributed by atoms with Crippen LogP contribution in [0.2, 0.25) is 0 Å². The summed E-state index contributed by atoms with van der Waals surface area (Å²) in [6, 6.07) is 8.93. The van der Waals surface area contributed by atoms with Gasteiger partial charge in [0.1, 0.15) is 12.4 Å². The van der Waals surface area contributed by atoms with Crippen LogP contribution in [0.3, 0.4) is 0 Å². The highest BCUT2D eigenvalue weighted by Gasteiger charge is 2.33. The highest BCUT2D eigenvalue weighted by molar-refractivity contribution is 5.82. The van der Waals surface area contributed by atoms with Gasteiger partial charge in [0.2, 0.25) is 6.10 Å². The number of hydrogen-bond acceptors (Lipinski definition) is 5. The molecule has 1 fully saturated rings. The first-order valence-electron chi connectivity index (χ1n) is 8.85. The van der Waals surface area contributed by atoms with Crippen LogP contribution in [-0.4, -0.2) is 46.6 Å². The molecule has 2 aliphatic heterocycles. The predicted octanol–water partition coefficient (Wildman–Crippen LogP) is 1.62. The molecular weight excluding hydrogens is 334 g/mol. The van der Waals surface area contributed by atoms with Crippen molar-refractivity contribution < 1.29 is 14.3 Å². The van der Waals surface area contributed by atoms with E-state index in [4.69, 9.17) is 9.47 Å². The maximum Gasteiger partial charge on any atom is 0.267 e. The zero-order valence-electron chi connectivity index (χ0n) is 14.6. The number of amides is 1. The summed E-state index contributed by atoms with van der Waals surface area (Å²) in [5.74, 6) is 2.05. The fraction of sp³-hybridized carbons (Fsp3) is 0.421. The number of aromatic nitrogens is 2. The number of para-hydroxylation sites is 2. The lowest BCUT2D eigenvalue weighted by atomic mass is 9.93. The Kier molecular flexibility index (Phi) is 4.36. The molecule has 0 unspecified atom stereocenters. The van der Waals surface area contributed by atoms with Gasteiger partial charge in [0, 0.05) is 25.1 Å². The van der Waals surface area contributed by atoms with Gasteiger partial charge >= 0.3 is 0 Å². The van der Waals surface area contributed by atoms with Gasteiger partial charge in [0.25, 0.3) is 11.5 Å². The summed E-state index contributed by atoms with van der Waals surface area (Å²) in [5.41, 5.74) is 0.682. The molecule has 26 heavy (non-hydrogen) atoms. The van der Waals surface area contributed by atoms with Crippen LogP contribution in [0.25, 0.3) is 0 Å². The third-order valence-corrected chi connectivity index (χ3v) is 4.89. The van der Waals surface area contributed by atoms with Gasteiger partial charge in [-0.3, -0.25) is 9.59 Å². The largest absolute Gasteiger partial charge is 0.485 e. The van der Waals surface area contributed by atoms with Crippen molar-refractivity contribution in [3.8, 4) is 11.5 Å². The van der Waals surface area contributed by atoms with Crippen molar-refractivity contribution >= 4 is 5.91 Å². The molecule has 0 saturated carbocycles. The lowest BCUT2D eigenvalue weighted by molar-refractivity contribution is -0.142. The zero-order valence-corrected chi connectivity index (χ0v) is 14.6. The van der Waals surface area contributed by atoms with E-state index in [1.54, 1.807) is 13.0 Å². The van der Waals surface area contributed by atoms with Gasteiger partial charge in [-0.25, -0.2) is 4.98 Å². The molecule has 1 amide bonds. The molecule has 1 saturated heterocycles. The Bertz CT molecular complexity index is 871. The van der Waals surface area contributed by atoms with Crippen LogP contribution in [0.1, 0.15) is 30.3 Å². The molecule has 1 N–H and O–H groups in total. The number of H-pyrrole nitrogens is 1. The Morgan fingerprint density at radius 1 is 1.23 bits per heavy atom. The number of ether oxygens (including phenoxy) is 2. The van der Waals surface area contributed by atoms with Gasteiger partial charge in [0.05, 0.1) is 5.69 Å². The van der Waals surface area contributed by atoms with Crippen LogP contribution in [0.4, 0.5) is 0 Å². The number of aromatic amines is 1. The Hall–Kier alpha value is -2.83. The SMILES string of the molecule is Cc1nc(C2CCN(C(=O)[C@H]3COc4ccccc4O3)CC2)cc(=O)[nH]1. The quantitative estimate of drug-likeness (QED) is 0.885. The standard InChI is InChI=1S/C19H21N3O4/c1-12-20-14(10-18(23)21-12)13-6-8-22(9-7-13)19(24)17-11-25-15-4-2-3-5-16(15)26-17/h2-5,10,13,17H,6-9,11H2,1H3,(H,20,21,23)/t17-/m1/s1. The smallest absolute Gasteiger partial charge is 0.267 e. The molecule has 1 aromatic carbocycles. The van der Waals surface area contributed by atoms with Crippen LogP contribution in [-0.2, 0) is 4.79 Å². The molecule has 0 aliphatic carbocycles. The van der Waals surface area contributed by atoms with Crippen LogP contribution < -0.4 is 15.0 Å². The molecule has 1 atom stereocenters. The van der Waals surface area contributed by atoms with Crippen LogP contribution in [0, 0.1) is 6.92 Å². The predicted molar refractivity (Wildman–Crippen MR) is 94.5 cm³/mol. The first-order chi connectivity index (χ1) is 12.6. The summed E-state index contributed by atoms with van der Waals surface area (Å²) in [7, 11) is 0. The van der Waals surface area contributed by atoms with Crippen molar-refractivity contribution in [1.82, 2.24) is 14.9 Å². The molecular formula is C19H21N3O4. The van der Waals surface area contributed by atoms with Crippen molar-refractivity contribution in [2.45, 2.75) is 31.8 Å².